The number of carbonyl (C=O) groups is 2. The molecule has 1 aliphatic rings. The first-order valence-electron chi connectivity index (χ1n) is 12.4. The Hall–Kier alpha value is -2.85. The van der Waals surface area contributed by atoms with Crippen LogP contribution in [0.2, 0.25) is 0 Å². The smallest absolute Gasteiger partial charge is 0.341 e. The van der Waals surface area contributed by atoms with Crippen molar-refractivity contribution in [1.82, 2.24) is 14.8 Å². The van der Waals surface area contributed by atoms with E-state index in [1.807, 2.05) is 42.7 Å². The Morgan fingerprint density at radius 2 is 1.89 bits per heavy atom. The van der Waals surface area contributed by atoms with Crippen molar-refractivity contribution in [1.29, 1.82) is 0 Å². The van der Waals surface area contributed by atoms with Gasteiger partial charge in [0.25, 0.3) is 0 Å². The van der Waals surface area contributed by atoms with Crippen molar-refractivity contribution < 1.29 is 19.1 Å². The highest BCUT2D eigenvalue weighted by Gasteiger charge is 2.26. The van der Waals surface area contributed by atoms with Crippen molar-refractivity contribution in [3.8, 4) is 5.75 Å². The van der Waals surface area contributed by atoms with Crippen LogP contribution in [0.5, 0.6) is 5.75 Å². The molecule has 1 N–H and O–H groups in total. The van der Waals surface area contributed by atoms with Crippen LogP contribution < -0.4 is 10.1 Å². The monoisotopic (exact) mass is 528 g/mol. The van der Waals surface area contributed by atoms with Crippen LogP contribution in [0, 0.1) is 6.92 Å². The fraction of sp³-hybridized carbons (Fsp3) is 0.462. The van der Waals surface area contributed by atoms with E-state index in [0.717, 1.165) is 43.4 Å². The minimum absolute atomic E-state index is 0.155. The normalized spacial score (nSPS) is 13.1. The molecule has 8 nitrogen and oxygen atoms in total. The molecule has 4 rings (SSSR count). The number of carbonyl (C=O) groups excluding carboxylic acids is 2. The number of benzene rings is 1. The summed E-state index contributed by atoms with van der Waals surface area (Å²) >= 11 is 2.82. The number of esters is 1. The van der Waals surface area contributed by atoms with Crippen LogP contribution in [-0.4, -0.2) is 39.0 Å². The Bertz CT molecular complexity index is 1200. The molecule has 10 heteroatoms. The summed E-state index contributed by atoms with van der Waals surface area (Å²) in [4.78, 5) is 26.8. The zero-order valence-electron chi connectivity index (χ0n) is 21.0. The number of thioether (sulfide) groups is 1. The summed E-state index contributed by atoms with van der Waals surface area (Å²) in [6.07, 6.45) is 5.07. The third kappa shape index (κ3) is 6.28. The maximum absolute atomic E-state index is 12.9. The minimum atomic E-state index is -0.358. The summed E-state index contributed by atoms with van der Waals surface area (Å²) in [7, 11) is 0. The molecule has 0 saturated heterocycles. The zero-order chi connectivity index (χ0) is 25.5. The average molecular weight is 529 g/mol. The van der Waals surface area contributed by atoms with Gasteiger partial charge in [-0.1, -0.05) is 35.9 Å². The molecular weight excluding hydrogens is 496 g/mol. The van der Waals surface area contributed by atoms with E-state index in [4.69, 9.17) is 9.47 Å². The molecule has 0 saturated carbocycles. The van der Waals surface area contributed by atoms with Gasteiger partial charge in [-0.2, -0.15) is 0 Å². The minimum Gasteiger partial charge on any atom is -0.486 e. The van der Waals surface area contributed by atoms with Gasteiger partial charge in [0.2, 0.25) is 5.91 Å². The molecular formula is C26H32N4O4S2. The maximum atomic E-state index is 12.9. The van der Waals surface area contributed by atoms with Crippen molar-refractivity contribution in [2.24, 2.45) is 0 Å². The largest absolute Gasteiger partial charge is 0.486 e. The van der Waals surface area contributed by atoms with Crippen LogP contribution in [0.4, 0.5) is 5.00 Å². The van der Waals surface area contributed by atoms with Crippen LogP contribution in [0.3, 0.4) is 0 Å². The van der Waals surface area contributed by atoms with Crippen molar-refractivity contribution in [2.75, 3.05) is 17.7 Å². The van der Waals surface area contributed by atoms with Gasteiger partial charge in [-0.25, -0.2) is 4.79 Å². The summed E-state index contributed by atoms with van der Waals surface area (Å²) in [6, 6.07) is 7.85. The highest BCUT2D eigenvalue weighted by molar-refractivity contribution is 7.99. The van der Waals surface area contributed by atoms with Gasteiger partial charge in [-0.3, -0.25) is 4.79 Å². The summed E-state index contributed by atoms with van der Waals surface area (Å²) in [6.45, 7) is 7.08. The Morgan fingerprint density at radius 3 is 2.64 bits per heavy atom. The second-order valence-corrected chi connectivity index (χ2v) is 10.6. The summed E-state index contributed by atoms with van der Waals surface area (Å²) < 4.78 is 13.1. The molecule has 1 aromatic carbocycles. The second kappa shape index (κ2) is 12.4. The molecule has 0 aliphatic heterocycles. The van der Waals surface area contributed by atoms with Crippen molar-refractivity contribution >= 4 is 40.0 Å². The second-order valence-electron chi connectivity index (χ2n) is 8.57. The lowest BCUT2D eigenvalue weighted by atomic mass is 10.1. The van der Waals surface area contributed by atoms with Gasteiger partial charge in [-0.05, 0) is 64.2 Å². The predicted molar refractivity (Wildman–Crippen MR) is 142 cm³/mol. The molecule has 0 bridgehead atoms. The predicted octanol–water partition coefficient (Wildman–Crippen LogP) is 5.42. The molecule has 1 amide bonds. The summed E-state index contributed by atoms with van der Waals surface area (Å²) in [5.41, 5.74) is 2.75. The van der Waals surface area contributed by atoms with Crippen LogP contribution in [0.1, 0.15) is 65.3 Å². The lowest BCUT2D eigenvalue weighted by Gasteiger charge is -2.10. The van der Waals surface area contributed by atoms with Gasteiger partial charge in [0.15, 0.2) is 11.0 Å². The van der Waals surface area contributed by atoms with E-state index >= 15 is 0 Å². The number of anilines is 1. The Labute approximate surface area is 219 Å². The van der Waals surface area contributed by atoms with Gasteiger partial charge >= 0.3 is 5.97 Å². The van der Waals surface area contributed by atoms with Gasteiger partial charge in [0.05, 0.1) is 17.9 Å². The van der Waals surface area contributed by atoms with Crippen LogP contribution in [0.15, 0.2) is 29.4 Å². The van der Waals surface area contributed by atoms with E-state index in [-0.39, 0.29) is 17.6 Å². The number of aromatic nitrogens is 3. The molecule has 0 fully saturated rings. The molecule has 3 aromatic rings. The van der Waals surface area contributed by atoms with E-state index in [0.29, 0.717) is 41.3 Å². The van der Waals surface area contributed by atoms with Crippen molar-refractivity contribution in [2.45, 2.75) is 71.2 Å². The number of nitrogens with one attached hydrogen (secondary N) is 1. The third-order valence-corrected chi connectivity index (χ3v) is 8.16. The fourth-order valence-electron chi connectivity index (χ4n) is 4.18. The SMILES string of the molecule is CCOC(=O)c1c(NC(=O)CSc2nnc(COc3ccc(C)cc3)n2CC)sc2c1CCCCC2. The molecule has 2 heterocycles. The molecule has 0 spiro atoms. The number of nitrogens with zero attached hydrogens (tertiary/aromatic N) is 3. The number of rotatable bonds is 10. The Balaban J connectivity index is 1.41. The van der Waals surface area contributed by atoms with Crippen LogP contribution in [0.25, 0.3) is 0 Å². The van der Waals surface area contributed by atoms with Crippen molar-refractivity contribution in [3.63, 3.8) is 0 Å². The number of hydrogen-bond donors (Lipinski definition) is 1. The highest BCUT2D eigenvalue weighted by Crippen LogP contribution is 2.38. The number of ether oxygens (including phenoxy) is 2. The first-order valence-corrected chi connectivity index (χ1v) is 14.2. The zero-order valence-corrected chi connectivity index (χ0v) is 22.6. The molecule has 0 atom stereocenters. The molecule has 2 aromatic heterocycles. The van der Waals surface area contributed by atoms with Gasteiger partial charge in [0.1, 0.15) is 17.4 Å². The van der Waals surface area contributed by atoms with E-state index in [1.54, 1.807) is 6.92 Å². The van der Waals surface area contributed by atoms with Crippen LogP contribution >= 0.6 is 23.1 Å². The highest BCUT2D eigenvalue weighted by atomic mass is 32.2. The number of aryl methyl sites for hydroxylation is 2. The Kier molecular flexibility index (Phi) is 9.03. The third-order valence-electron chi connectivity index (χ3n) is 5.98. The van der Waals surface area contributed by atoms with E-state index < -0.39 is 0 Å². The summed E-state index contributed by atoms with van der Waals surface area (Å²) in [5.74, 6) is 1.08. The van der Waals surface area contributed by atoms with E-state index in [2.05, 4.69) is 15.5 Å². The van der Waals surface area contributed by atoms with E-state index in [9.17, 15) is 9.59 Å². The standard InChI is InChI=1S/C26H32N4O4S2/c1-4-30-21(15-34-18-13-11-17(3)12-14-18)28-29-26(30)35-16-22(31)27-24-23(25(32)33-5-2)19-9-7-6-8-10-20(19)36-24/h11-14H,4-10,15-16H2,1-3H3,(H,27,31). The lowest BCUT2D eigenvalue weighted by molar-refractivity contribution is -0.113. The quantitative estimate of drug-likeness (QED) is 0.213. The first-order chi connectivity index (χ1) is 17.5. The number of hydrogen-bond acceptors (Lipinski definition) is 8. The molecule has 192 valence electrons. The van der Waals surface area contributed by atoms with Gasteiger partial charge < -0.3 is 19.4 Å². The topological polar surface area (TPSA) is 95.3 Å². The first kappa shape index (κ1) is 26.2. The number of amides is 1. The summed E-state index contributed by atoms with van der Waals surface area (Å²) in [5, 5.41) is 12.8. The number of fused-ring (bicyclic) bond motifs is 1. The fourth-order valence-corrected chi connectivity index (χ4v) is 6.29. The maximum Gasteiger partial charge on any atom is 0.341 e. The molecule has 36 heavy (non-hydrogen) atoms. The van der Waals surface area contributed by atoms with Gasteiger partial charge in [0, 0.05) is 11.4 Å². The lowest BCUT2D eigenvalue weighted by Crippen LogP contribution is -2.17. The Morgan fingerprint density at radius 1 is 1.11 bits per heavy atom. The van der Waals surface area contributed by atoms with Crippen LogP contribution in [-0.2, 0) is 35.5 Å². The number of thiophene rings is 1. The van der Waals surface area contributed by atoms with Gasteiger partial charge in [-0.15, -0.1) is 21.5 Å². The van der Waals surface area contributed by atoms with E-state index in [1.165, 1.54) is 33.5 Å². The molecule has 0 radical (unpaired) electrons. The molecule has 0 unspecified atom stereocenters. The molecule has 1 aliphatic carbocycles. The van der Waals surface area contributed by atoms with Crippen molar-refractivity contribution in [3.05, 3.63) is 51.7 Å². The average Bonchev–Trinajstić information content (AvgIpc) is 3.34.